The minimum absolute atomic E-state index is 0.303. The molecule has 0 radical (unpaired) electrons. The highest BCUT2D eigenvalue weighted by molar-refractivity contribution is 9.11. The molecule has 0 saturated heterocycles. The Morgan fingerprint density at radius 1 is 1.28 bits per heavy atom. The predicted octanol–water partition coefficient (Wildman–Crippen LogP) is 3.88. The molecule has 0 aliphatic heterocycles. The molecule has 1 aromatic rings. The molecule has 0 spiro atoms. The van der Waals surface area contributed by atoms with Gasteiger partial charge in [0.1, 0.15) is 0 Å². The van der Waals surface area contributed by atoms with Crippen LogP contribution in [0.5, 0.6) is 0 Å². The maximum Gasteiger partial charge on any atom is 0.243 e. The van der Waals surface area contributed by atoms with Gasteiger partial charge in [0.25, 0.3) is 0 Å². The van der Waals surface area contributed by atoms with Gasteiger partial charge in [-0.2, -0.15) is 0 Å². The smallest absolute Gasteiger partial charge is 0.207 e. The van der Waals surface area contributed by atoms with E-state index < -0.39 is 10.0 Å². The van der Waals surface area contributed by atoms with Gasteiger partial charge in [-0.1, -0.05) is 29.8 Å². The number of hydrogen-bond acceptors (Lipinski definition) is 2. The summed E-state index contributed by atoms with van der Waals surface area (Å²) in [6.45, 7) is 4.69. The first-order valence-electron chi connectivity index (χ1n) is 5.66. The topological polar surface area (TPSA) is 37.4 Å². The molecule has 0 N–H and O–H groups in total. The fourth-order valence-electron chi connectivity index (χ4n) is 1.41. The third-order valence-electron chi connectivity index (χ3n) is 2.60. The predicted molar refractivity (Wildman–Crippen MR) is 81.1 cm³/mol. The highest BCUT2D eigenvalue weighted by Crippen LogP contribution is 2.27. The van der Waals surface area contributed by atoms with E-state index in [1.54, 1.807) is 25.2 Å². The van der Waals surface area contributed by atoms with Crippen LogP contribution < -0.4 is 0 Å². The van der Waals surface area contributed by atoms with Gasteiger partial charge < -0.3 is 0 Å². The highest BCUT2D eigenvalue weighted by Gasteiger charge is 2.23. The lowest BCUT2D eigenvalue weighted by atomic mass is 10.1. The van der Waals surface area contributed by atoms with Gasteiger partial charge in [0.15, 0.2) is 0 Å². The number of benzene rings is 1. The van der Waals surface area contributed by atoms with E-state index in [1.165, 1.54) is 4.31 Å². The van der Waals surface area contributed by atoms with Crippen molar-refractivity contribution in [2.24, 2.45) is 5.92 Å². The molecular weight excluding hydrogens is 382 g/mol. The molecule has 0 aliphatic carbocycles. The zero-order chi connectivity index (χ0) is 13.9. The normalized spacial score (nSPS) is 12.4. The van der Waals surface area contributed by atoms with Crippen molar-refractivity contribution in [1.29, 1.82) is 0 Å². The molecule has 1 aromatic carbocycles. The number of hydrogen-bond donors (Lipinski definition) is 0. The summed E-state index contributed by atoms with van der Waals surface area (Å²) in [4.78, 5) is 0.303. The van der Waals surface area contributed by atoms with Crippen molar-refractivity contribution in [2.45, 2.75) is 25.2 Å². The molecule has 6 heteroatoms. The SMILES string of the molecule is CC(C)CCN(C)S(=O)(=O)c1ccc(Br)cc1Br. The van der Waals surface area contributed by atoms with Crippen LogP contribution in [-0.2, 0) is 10.0 Å². The molecule has 0 atom stereocenters. The molecule has 0 bridgehead atoms. The monoisotopic (exact) mass is 397 g/mol. The lowest BCUT2D eigenvalue weighted by molar-refractivity contribution is 0.428. The Bertz CT molecular complexity index is 515. The summed E-state index contributed by atoms with van der Waals surface area (Å²) in [7, 11) is -1.80. The number of rotatable bonds is 5. The summed E-state index contributed by atoms with van der Waals surface area (Å²) in [6.07, 6.45) is 0.851. The molecule has 0 unspecified atom stereocenters. The van der Waals surface area contributed by atoms with Crippen molar-refractivity contribution in [2.75, 3.05) is 13.6 Å². The molecule has 0 fully saturated rings. The van der Waals surface area contributed by atoms with E-state index in [-0.39, 0.29) is 0 Å². The Labute approximate surface area is 126 Å². The van der Waals surface area contributed by atoms with Crippen molar-refractivity contribution in [3.8, 4) is 0 Å². The van der Waals surface area contributed by atoms with Gasteiger partial charge in [0.2, 0.25) is 10.0 Å². The van der Waals surface area contributed by atoms with Crippen molar-refractivity contribution in [3.63, 3.8) is 0 Å². The van der Waals surface area contributed by atoms with Crippen LogP contribution in [0.25, 0.3) is 0 Å². The van der Waals surface area contributed by atoms with Crippen LogP contribution in [-0.4, -0.2) is 26.3 Å². The Kier molecular flexibility index (Phi) is 5.83. The third-order valence-corrected chi connectivity index (χ3v) is 5.93. The number of sulfonamides is 1. The van der Waals surface area contributed by atoms with Crippen LogP contribution in [0.15, 0.2) is 32.0 Å². The molecule has 0 heterocycles. The highest BCUT2D eigenvalue weighted by atomic mass is 79.9. The van der Waals surface area contributed by atoms with Gasteiger partial charge >= 0.3 is 0 Å². The summed E-state index contributed by atoms with van der Waals surface area (Å²) in [5, 5.41) is 0. The summed E-state index contributed by atoms with van der Waals surface area (Å²) in [6, 6.07) is 5.08. The lowest BCUT2D eigenvalue weighted by Gasteiger charge is -2.19. The molecule has 0 aromatic heterocycles. The third kappa shape index (κ3) is 4.05. The summed E-state index contributed by atoms with van der Waals surface area (Å²) >= 11 is 6.61. The lowest BCUT2D eigenvalue weighted by Crippen LogP contribution is -2.29. The average Bonchev–Trinajstić information content (AvgIpc) is 2.24. The molecule has 0 aliphatic rings. The van der Waals surface area contributed by atoms with Gasteiger partial charge in [-0.3, -0.25) is 0 Å². The molecule has 0 saturated carbocycles. The Morgan fingerprint density at radius 2 is 1.89 bits per heavy atom. The minimum Gasteiger partial charge on any atom is -0.207 e. The van der Waals surface area contributed by atoms with Crippen molar-refractivity contribution >= 4 is 41.9 Å². The summed E-state index contributed by atoms with van der Waals surface area (Å²) in [5.41, 5.74) is 0. The molecule has 18 heavy (non-hydrogen) atoms. The summed E-state index contributed by atoms with van der Waals surface area (Å²) in [5.74, 6) is 0.482. The van der Waals surface area contributed by atoms with E-state index in [0.717, 1.165) is 10.9 Å². The van der Waals surface area contributed by atoms with Crippen LogP contribution >= 0.6 is 31.9 Å². The van der Waals surface area contributed by atoms with Gasteiger partial charge in [-0.05, 0) is 46.5 Å². The molecular formula is C12H17Br2NO2S. The first-order chi connectivity index (χ1) is 8.25. The van der Waals surface area contributed by atoms with Crippen LogP contribution in [0.4, 0.5) is 0 Å². The molecule has 3 nitrogen and oxygen atoms in total. The van der Waals surface area contributed by atoms with Gasteiger partial charge in [0, 0.05) is 22.5 Å². The molecule has 1 rings (SSSR count). The van der Waals surface area contributed by atoms with E-state index >= 15 is 0 Å². The standard InChI is InChI=1S/C12H17Br2NO2S/c1-9(2)6-7-15(3)18(16,17)12-5-4-10(13)8-11(12)14/h4-5,8-9H,6-7H2,1-3H3. The second-order valence-corrected chi connectivity index (χ2v) is 8.37. The van der Waals surface area contributed by atoms with Gasteiger partial charge in [0.05, 0.1) is 4.90 Å². The van der Waals surface area contributed by atoms with Crippen molar-refractivity contribution in [1.82, 2.24) is 4.31 Å². The van der Waals surface area contributed by atoms with Gasteiger partial charge in [-0.15, -0.1) is 0 Å². The second kappa shape index (κ2) is 6.50. The van der Waals surface area contributed by atoms with E-state index in [1.807, 2.05) is 0 Å². The minimum atomic E-state index is -3.42. The van der Waals surface area contributed by atoms with Crippen molar-refractivity contribution < 1.29 is 8.42 Å². The maximum atomic E-state index is 12.4. The van der Waals surface area contributed by atoms with E-state index in [9.17, 15) is 8.42 Å². The van der Waals surface area contributed by atoms with E-state index in [4.69, 9.17) is 0 Å². The molecule has 102 valence electrons. The quantitative estimate of drug-likeness (QED) is 0.754. The van der Waals surface area contributed by atoms with Crippen LogP contribution in [0.3, 0.4) is 0 Å². The Hall–Kier alpha value is 0.0900. The van der Waals surface area contributed by atoms with Crippen molar-refractivity contribution in [3.05, 3.63) is 27.1 Å². The Morgan fingerprint density at radius 3 is 2.39 bits per heavy atom. The zero-order valence-electron chi connectivity index (χ0n) is 10.7. The largest absolute Gasteiger partial charge is 0.243 e. The first kappa shape index (κ1) is 16.1. The number of nitrogens with zero attached hydrogens (tertiary/aromatic N) is 1. The Balaban J connectivity index is 2.98. The van der Waals surface area contributed by atoms with E-state index in [0.29, 0.717) is 21.8 Å². The van der Waals surface area contributed by atoms with E-state index in [2.05, 4.69) is 45.7 Å². The maximum absolute atomic E-state index is 12.4. The summed E-state index contributed by atoms with van der Waals surface area (Å²) < 4.78 is 27.5. The van der Waals surface area contributed by atoms with Crippen LogP contribution in [0, 0.1) is 5.92 Å². The van der Waals surface area contributed by atoms with Crippen LogP contribution in [0.1, 0.15) is 20.3 Å². The molecule has 0 amide bonds. The van der Waals surface area contributed by atoms with Crippen LogP contribution in [0.2, 0.25) is 0 Å². The second-order valence-electron chi connectivity index (χ2n) is 4.58. The fraction of sp³-hybridized carbons (Fsp3) is 0.500. The fourth-order valence-corrected chi connectivity index (χ4v) is 4.30. The zero-order valence-corrected chi connectivity index (χ0v) is 14.6. The average molecular weight is 399 g/mol. The number of halogens is 2. The van der Waals surface area contributed by atoms with Gasteiger partial charge in [-0.25, -0.2) is 12.7 Å². The first-order valence-corrected chi connectivity index (χ1v) is 8.69.